The number of aliphatic hydroxyl groups excluding tert-OH is 1. The van der Waals surface area contributed by atoms with E-state index >= 15 is 0 Å². The van der Waals surface area contributed by atoms with E-state index in [9.17, 15) is 14.7 Å². The number of hydrogen-bond donors (Lipinski definition) is 2. The summed E-state index contributed by atoms with van der Waals surface area (Å²) < 4.78 is 1.75. The fourth-order valence-electron chi connectivity index (χ4n) is 2.11. The number of likely N-dealkylation sites (tertiary alicyclic amines) is 1. The second-order valence-electron chi connectivity index (χ2n) is 4.34. The van der Waals surface area contributed by atoms with Crippen LogP contribution in [0.25, 0.3) is 0 Å². The number of aliphatic hydroxyl groups is 1. The quantitative estimate of drug-likeness (QED) is 0.741. The number of imidazole rings is 1. The van der Waals surface area contributed by atoms with E-state index in [1.165, 1.54) is 4.90 Å². The molecule has 1 fully saturated rings. The molecule has 2 atom stereocenters. The first kappa shape index (κ1) is 12.6. The molecule has 1 aliphatic rings. The van der Waals surface area contributed by atoms with Crippen LogP contribution in [0, 0.1) is 0 Å². The van der Waals surface area contributed by atoms with E-state index in [1.807, 2.05) is 0 Å². The number of amides is 1. The van der Waals surface area contributed by atoms with Gasteiger partial charge in [-0.1, -0.05) is 0 Å². The summed E-state index contributed by atoms with van der Waals surface area (Å²) in [5.74, 6) is -1.32. The Bertz CT molecular complexity index is 432. The smallest absolute Gasteiger partial charge is 0.326 e. The van der Waals surface area contributed by atoms with Crippen molar-refractivity contribution >= 4 is 11.9 Å². The molecule has 7 nitrogen and oxygen atoms in total. The lowest BCUT2D eigenvalue weighted by Crippen LogP contribution is -2.40. The van der Waals surface area contributed by atoms with Gasteiger partial charge < -0.3 is 19.7 Å². The van der Waals surface area contributed by atoms with Crippen LogP contribution < -0.4 is 0 Å². The van der Waals surface area contributed by atoms with Crippen LogP contribution in [0.4, 0.5) is 0 Å². The molecule has 2 N–H and O–H groups in total. The Kier molecular flexibility index (Phi) is 3.61. The number of nitrogens with zero attached hydrogens (tertiary/aromatic N) is 3. The van der Waals surface area contributed by atoms with Crippen molar-refractivity contribution in [2.75, 3.05) is 6.54 Å². The number of aliphatic carboxylic acids is 1. The number of carboxylic acids is 1. The molecule has 1 aromatic rings. The molecule has 2 rings (SSSR count). The number of rotatable bonds is 4. The molecule has 0 bridgehead atoms. The minimum atomic E-state index is -1.07. The molecular formula is C11H15N3O4. The first-order chi connectivity index (χ1) is 8.58. The first-order valence-corrected chi connectivity index (χ1v) is 5.74. The van der Waals surface area contributed by atoms with Crippen LogP contribution in [0.2, 0.25) is 0 Å². The average molecular weight is 253 g/mol. The molecule has 1 unspecified atom stereocenters. The van der Waals surface area contributed by atoms with Crippen molar-refractivity contribution in [3.8, 4) is 0 Å². The minimum absolute atomic E-state index is 0.0970. The normalized spacial score (nSPS) is 23.3. The van der Waals surface area contributed by atoms with Gasteiger partial charge in [-0.2, -0.15) is 0 Å². The van der Waals surface area contributed by atoms with Gasteiger partial charge in [-0.15, -0.1) is 0 Å². The van der Waals surface area contributed by atoms with E-state index in [0.29, 0.717) is 6.54 Å². The Labute approximate surface area is 104 Å². The maximum Gasteiger partial charge on any atom is 0.326 e. The van der Waals surface area contributed by atoms with Crippen LogP contribution in [0.5, 0.6) is 0 Å². The van der Waals surface area contributed by atoms with Crippen LogP contribution in [0.15, 0.2) is 18.7 Å². The van der Waals surface area contributed by atoms with Gasteiger partial charge >= 0.3 is 5.97 Å². The Morgan fingerprint density at radius 2 is 2.22 bits per heavy atom. The molecule has 0 aromatic carbocycles. The highest BCUT2D eigenvalue weighted by molar-refractivity contribution is 5.84. The molecule has 0 saturated carbocycles. The zero-order valence-electron chi connectivity index (χ0n) is 9.77. The third-order valence-corrected chi connectivity index (χ3v) is 3.03. The van der Waals surface area contributed by atoms with E-state index in [-0.39, 0.29) is 25.3 Å². The fourth-order valence-corrected chi connectivity index (χ4v) is 2.11. The second-order valence-corrected chi connectivity index (χ2v) is 4.34. The summed E-state index contributed by atoms with van der Waals surface area (Å²) in [6.07, 6.45) is 4.51. The van der Waals surface area contributed by atoms with Crippen molar-refractivity contribution in [1.82, 2.24) is 14.5 Å². The van der Waals surface area contributed by atoms with Crippen molar-refractivity contribution in [2.45, 2.75) is 31.5 Å². The highest BCUT2D eigenvalue weighted by Gasteiger charge is 2.38. The molecule has 0 aliphatic carbocycles. The lowest BCUT2D eigenvalue weighted by atomic mass is 10.2. The Morgan fingerprint density at radius 3 is 2.83 bits per heavy atom. The monoisotopic (exact) mass is 253 g/mol. The largest absolute Gasteiger partial charge is 0.480 e. The van der Waals surface area contributed by atoms with Crippen molar-refractivity contribution < 1.29 is 19.8 Å². The average Bonchev–Trinajstić information content (AvgIpc) is 2.94. The summed E-state index contributed by atoms with van der Waals surface area (Å²) in [6, 6.07) is -0.907. The molecule has 18 heavy (non-hydrogen) atoms. The summed E-state index contributed by atoms with van der Waals surface area (Å²) in [5.41, 5.74) is 0. The van der Waals surface area contributed by atoms with Crippen molar-refractivity contribution in [3.63, 3.8) is 0 Å². The number of carbonyl (C=O) groups is 2. The summed E-state index contributed by atoms with van der Waals surface area (Å²) in [4.78, 5) is 28.0. The predicted octanol–water partition coefficient (Wildman–Crippen LogP) is -0.680. The van der Waals surface area contributed by atoms with Gasteiger partial charge in [0, 0.05) is 38.3 Å². The van der Waals surface area contributed by atoms with E-state index in [4.69, 9.17) is 5.11 Å². The number of carboxylic acid groups (broad SMARTS) is 1. The van der Waals surface area contributed by atoms with Crippen LogP contribution >= 0.6 is 0 Å². The lowest BCUT2D eigenvalue weighted by molar-refractivity contribution is -0.148. The van der Waals surface area contributed by atoms with Crippen LogP contribution in [0.3, 0.4) is 0 Å². The summed E-state index contributed by atoms with van der Waals surface area (Å²) >= 11 is 0. The minimum Gasteiger partial charge on any atom is -0.480 e. The maximum absolute atomic E-state index is 11.9. The van der Waals surface area contributed by atoms with E-state index < -0.39 is 18.1 Å². The highest BCUT2D eigenvalue weighted by Crippen LogP contribution is 2.19. The summed E-state index contributed by atoms with van der Waals surface area (Å²) in [7, 11) is 0. The van der Waals surface area contributed by atoms with Gasteiger partial charge in [0.05, 0.1) is 12.4 Å². The number of carbonyl (C=O) groups excluding carboxylic acids is 1. The molecule has 1 aliphatic heterocycles. The molecule has 1 amide bonds. The topological polar surface area (TPSA) is 95.7 Å². The van der Waals surface area contributed by atoms with Crippen LogP contribution in [0.1, 0.15) is 12.8 Å². The van der Waals surface area contributed by atoms with Gasteiger partial charge in [-0.25, -0.2) is 9.78 Å². The van der Waals surface area contributed by atoms with Crippen molar-refractivity contribution in [3.05, 3.63) is 18.7 Å². The van der Waals surface area contributed by atoms with Gasteiger partial charge in [-0.3, -0.25) is 4.79 Å². The van der Waals surface area contributed by atoms with E-state index in [0.717, 1.165) is 0 Å². The zero-order valence-corrected chi connectivity index (χ0v) is 9.77. The zero-order chi connectivity index (χ0) is 13.1. The van der Waals surface area contributed by atoms with E-state index in [1.54, 1.807) is 23.3 Å². The molecule has 1 saturated heterocycles. The molecular weight excluding hydrogens is 238 g/mol. The molecule has 98 valence electrons. The Hall–Kier alpha value is -1.89. The van der Waals surface area contributed by atoms with E-state index in [2.05, 4.69) is 4.98 Å². The summed E-state index contributed by atoms with van der Waals surface area (Å²) in [6.45, 7) is 0.553. The fraction of sp³-hybridized carbons (Fsp3) is 0.545. The van der Waals surface area contributed by atoms with Crippen LogP contribution in [-0.2, 0) is 16.1 Å². The third-order valence-electron chi connectivity index (χ3n) is 3.03. The summed E-state index contributed by atoms with van der Waals surface area (Å²) in [5, 5.41) is 18.4. The number of aromatic nitrogens is 2. The predicted molar refractivity (Wildman–Crippen MR) is 60.6 cm³/mol. The number of β-amino-alcohol motifs (C(OH)–C–C–N with tert-alkyl or cyclic N) is 1. The maximum atomic E-state index is 11.9. The number of aryl methyl sites for hydroxylation is 1. The molecule has 2 heterocycles. The third kappa shape index (κ3) is 2.67. The van der Waals surface area contributed by atoms with Crippen molar-refractivity contribution in [2.24, 2.45) is 0 Å². The SMILES string of the molecule is O=C(O)[C@@H]1CC(O)CN1C(=O)CCn1ccnc1. The molecule has 1 aromatic heterocycles. The van der Waals surface area contributed by atoms with Gasteiger partial charge in [0.25, 0.3) is 0 Å². The van der Waals surface area contributed by atoms with Crippen LogP contribution in [-0.4, -0.2) is 55.2 Å². The highest BCUT2D eigenvalue weighted by atomic mass is 16.4. The van der Waals surface area contributed by atoms with Crippen molar-refractivity contribution in [1.29, 1.82) is 0 Å². The Morgan fingerprint density at radius 1 is 1.44 bits per heavy atom. The molecule has 0 spiro atoms. The molecule has 7 heteroatoms. The van der Waals surface area contributed by atoms with Gasteiger partial charge in [0.1, 0.15) is 6.04 Å². The second kappa shape index (κ2) is 5.18. The first-order valence-electron chi connectivity index (χ1n) is 5.74. The lowest BCUT2D eigenvalue weighted by Gasteiger charge is -2.21. The number of hydrogen-bond acceptors (Lipinski definition) is 4. The van der Waals surface area contributed by atoms with Gasteiger partial charge in [-0.05, 0) is 0 Å². The molecule has 0 radical (unpaired) electrons. The standard InChI is InChI=1S/C11H15N3O4/c15-8-5-9(11(17)18)14(6-8)10(16)1-3-13-4-2-12-7-13/h2,4,7-9,15H,1,3,5-6H2,(H,17,18)/t8?,9-/m0/s1. The Balaban J connectivity index is 1.93. The van der Waals surface area contributed by atoms with Gasteiger partial charge in [0.15, 0.2) is 0 Å². The van der Waals surface area contributed by atoms with Gasteiger partial charge in [0.2, 0.25) is 5.91 Å².